The highest BCUT2D eigenvalue weighted by atomic mass is 31.2. The van der Waals surface area contributed by atoms with Gasteiger partial charge in [0.1, 0.15) is 5.31 Å². The van der Waals surface area contributed by atoms with E-state index in [9.17, 15) is 9.36 Å². The van der Waals surface area contributed by atoms with Crippen molar-refractivity contribution in [2.45, 2.75) is 0 Å². The minimum absolute atomic E-state index is 0.0799. The Bertz CT molecular complexity index is 556. The number of carbonyl (C=O) groups excluding carboxylic acids is 1. The maximum absolute atomic E-state index is 12.2. The number of benzene rings is 1. The van der Waals surface area contributed by atoms with E-state index in [-0.39, 0.29) is 11.0 Å². The Labute approximate surface area is 98.8 Å². The van der Waals surface area contributed by atoms with Gasteiger partial charge in [-0.3, -0.25) is 9.36 Å². The summed E-state index contributed by atoms with van der Waals surface area (Å²) in [7, 11) is -1.17. The topological polar surface area (TPSA) is 78.6 Å². The van der Waals surface area contributed by atoms with Crippen LogP contribution < -0.4 is 5.73 Å². The zero-order valence-electron chi connectivity index (χ0n) is 9.47. The number of nitrogens with two attached hydrogens (primary N) is 1. The van der Waals surface area contributed by atoms with E-state index in [1.54, 1.807) is 24.3 Å². The Hall–Kier alpha value is -1.42. The molecule has 5 nitrogen and oxygen atoms in total. The van der Waals surface area contributed by atoms with Crippen molar-refractivity contribution in [3.05, 3.63) is 40.7 Å². The summed E-state index contributed by atoms with van der Waals surface area (Å²) >= 11 is 0. The summed E-state index contributed by atoms with van der Waals surface area (Å²) in [6.45, 7) is 0. The van der Waals surface area contributed by atoms with Crippen LogP contribution in [-0.4, -0.2) is 20.0 Å². The smallest absolute Gasteiger partial charge is 0.366 e. The third-order valence-electron chi connectivity index (χ3n) is 2.69. The van der Waals surface area contributed by atoms with Crippen LogP contribution in [0.15, 0.2) is 29.6 Å². The van der Waals surface area contributed by atoms with Gasteiger partial charge in [0.15, 0.2) is 0 Å². The Morgan fingerprint density at radius 3 is 2.12 bits per heavy atom. The number of carbonyl (C=O) groups is 1. The fourth-order valence-electron chi connectivity index (χ4n) is 1.82. The van der Waals surface area contributed by atoms with E-state index in [2.05, 4.69) is 0 Å². The second-order valence-electron chi connectivity index (χ2n) is 3.50. The van der Waals surface area contributed by atoms with Crippen molar-refractivity contribution in [3.8, 4) is 0 Å². The SMILES string of the molecule is COP(=O)(OC)C1=C(N)c2ccccc2C1=O. The average molecular weight is 253 g/mol. The molecule has 0 amide bonds. The molecule has 1 aliphatic rings. The van der Waals surface area contributed by atoms with Crippen LogP contribution in [0.2, 0.25) is 0 Å². The van der Waals surface area contributed by atoms with Crippen molar-refractivity contribution in [1.29, 1.82) is 0 Å². The molecule has 2 N–H and O–H groups in total. The van der Waals surface area contributed by atoms with Gasteiger partial charge in [0.2, 0.25) is 5.78 Å². The molecule has 0 bridgehead atoms. The number of Topliss-reactive ketones (excluding diaryl/α,β-unsaturated/α-hetero) is 1. The van der Waals surface area contributed by atoms with Crippen LogP contribution in [0, 0.1) is 0 Å². The van der Waals surface area contributed by atoms with Gasteiger partial charge >= 0.3 is 7.60 Å². The predicted molar refractivity (Wildman–Crippen MR) is 63.5 cm³/mol. The number of allylic oxidation sites excluding steroid dienone is 1. The molecule has 0 fully saturated rings. The minimum atomic E-state index is -3.62. The highest BCUT2D eigenvalue weighted by Crippen LogP contribution is 2.59. The van der Waals surface area contributed by atoms with Gasteiger partial charge in [-0.15, -0.1) is 0 Å². The zero-order chi connectivity index (χ0) is 12.6. The zero-order valence-corrected chi connectivity index (χ0v) is 10.4. The molecule has 17 heavy (non-hydrogen) atoms. The Morgan fingerprint density at radius 1 is 1.12 bits per heavy atom. The number of hydrogen-bond acceptors (Lipinski definition) is 5. The molecular formula is C11H12NO4P. The van der Waals surface area contributed by atoms with Crippen LogP contribution in [0.3, 0.4) is 0 Å². The van der Waals surface area contributed by atoms with Crippen LogP contribution in [-0.2, 0) is 13.6 Å². The van der Waals surface area contributed by atoms with E-state index >= 15 is 0 Å². The lowest BCUT2D eigenvalue weighted by molar-refractivity contribution is 0.104. The molecule has 0 atom stereocenters. The summed E-state index contributed by atoms with van der Waals surface area (Å²) in [6, 6.07) is 6.81. The Morgan fingerprint density at radius 2 is 1.65 bits per heavy atom. The molecule has 6 heteroatoms. The standard InChI is InChI=1S/C11H12NO4P/c1-15-17(14,16-2)11-9(12)7-5-3-4-6-8(7)10(11)13/h3-6H,12H2,1-2H3. The lowest BCUT2D eigenvalue weighted by Gasteiger charge is -2.14. The molecule has 0 aromatic heterocycles. The van der Waals surface area contributed by atoms with Crippen LogP contribution >= 0.6 is 7.60 Å². The van der Waals surface area contributed by atoms with Crippen LogP contribution in [0.25, 0.3) is 5.70 Å². The first kappa shape index (κ1) is 12.0. The van der Waals surface area contributed by atoms with E-state index in [1.165, 1.54) is 14.2 Å². The van der Waals surface area contributed by atoms with E-state index in [4.69, 9.17) is 14.8 Å². The average Bonchev–Trinajstić information content (AvgIpc) is 2.62. The Kier molecular flexibility index (Phi) is 2.91. The number of fused-ring (bicyclic) bond motifs is 1. The third-order valence-corrected chi connectivity index (χ3v) is 4.64. The maximum Gasteiger partial charge on any atom is 0.366 e. The molecule has 1 aromatic rings. The molecule has 0 saturated carbocycles. The van der Waals surface area contributed by atoms with Crippen molar-refractivity contribution >= 4 is 19.1 Å². The molecule has 0 spiro atoms. The molecule has 0 heterocycles. The van der Waals surface area contributed by atoms with E-state index in [0.29, 0.717) is 11.1 Å². The van der Waals surface area contributed by atoms with Crippen LogP contribution in [0.5, 0.6) is 0 Å². The molecule has 0 radical (unpaired) electrons. The number of hydrogen-bond donors (Lipinski definition) is 1. The fraction of sp³-hybridized carbons (Fsp3) is 0.182. The normalized spacial score (nSPS) is 15.3. The highest BCUT2D eigenvalue weighted by Gasteiger charge is 2.41. The Balaban J connectivity index is 2.64. The molecule has 0 saturated heterocycles. The van der Waals surface area contributed by atoms with Crippen molar-refractivity contribution in [1.82, 2.24) is 0 Å². The quantitative estimate of drug-likeness (QED) is 0.833. The highest BCUT2D eigenvalue weighted by molar-refractivity contribution is 7.60. The monoisotopic (exact) mass is 253 g/mol. The van der Waals surface area contributed by atoms with Crippen LogP contribution in [0.1, 0.15) is 15.9 Å². The summed E-state index contributed by atoms with van der Waals surface area (Å²) in [5, 5.41) is -0.0799. The number of ketones is 1. The minimum Gasteiger partial charge on any atom is -0.397 e. The molecule has 0 aliphatic heterocycles. The summed E-state index contributed by atoms with van der Waals surface area (Å²) in [4.78, 5) is 12.1. The lowest BCUT2D eigenvalue weighted by atomic mass is 10.1. The molecule has 2 rings (SSSR count). The van der Waals surface area contributed by atoms with Crippen molar-refractivity contribution < 1.29 is 18.4 Å². The van der Waals surface area contributed by atoms with Crippen molar-refractivity contribution in [3.63, 3.8) is 0 Å². The lowest BCUT2D eigenvalue weighted by Crippen LogP contribution is -2.04. The molecular weight excluding hydrogens is 241 g/mol. The largest absolute Gasteiger partial charge is 0.397 e. The number of rotatable bonds is 3. The molecule has 90 valence electrons. The molecule has 1 aliphatic carbocycles. The summed E-state index contributed by atoms with van der Waals surface area (Å²) in [5.74, 6) is -0.398. The summed E-state index contributed by atoms with van der Waals surface area (Å²) < 4.78 is 21.9. The van der Waals surface area contributed by atoms with Gasteiger partial charge in [-0.05, 0) is 0 Å². The first-order valence-corrected chi connectivity index (χ1v) is 6.45. The van der Waals surface area contributed by atoms with Gasteiger partial charge in [-0.1, -0.05) is 24.3 Å². The van der Waals surface area contributed by atoms with E-state index < -0.39 is 13.4 Å². The fourth-order valence-corrected chi connectivity index (χ4v) is 3.12. The van der Waals surface area contributed by atoms with Gasteiger partial charge < -0.3 is 14.8 Å². The summed E-state index contributed by atoms with van der Waals surface area (Å²) in [6.07, 6.45) is 0. The summed E-state index contributed by atoms with van der Waals surface area (Å²) in [5.41, 5.74) is 7.01. The third kappa shape index (κ3) is 1.63. The van der Waals surface area contributed by atoms with Gasteiger partial charge in [0.05, 0.1) is 5.70 Å². The van der Waals surface area contributed by atoms with Gasteiger partial charge in [0.25, 0.3) is 0 Å². The predicted octanol–water partition coefficient (Wildman–Crippen LogP) is 2.00. The first-order valence-electron chi connectivity index (χ1n) is 4.91. The van der Waals surface area contributed by atoms with Gasteiger partial charge in [-0.25, -0.2) is 0 Å². The molecule has 0 unspecified atom stereocenters. The second kappa shape index (κ2) is 4.11. The second-order valence-corrected chi connectivity index (χ2v) is 5.67. The van der Waals surface area contributed by atoms with E-state index in [1.807, 2.05) is 0 Å². The van der Waals surface area contributed by atoms with Gasteiger partial charge in [0, 0.05) is 25.3 Å². The van der Waals surface area contributed by atoms with E-state index in [0.717, 1.165) is 0 Å². The van der Waals surface area contributed by atoms with Crippen molar-refractivity contribution in [2.24, 2.45) is 5.73 Å². The van der Waals surface area contributed by atoms with Crippen LogP contribution in [0.4, 0.5) is 0 Å². The maximum atomic E-state index is 12.2. The van der Waals surface area contributed by atoms with Crippen molar-refractivity contribution in [2.75, 3.05) is 14.2 Å². The van der Waals surface area contributed by atoms with Gasteiger partial charge in [-0.2, -0.15) is 0 Å². The first-order chi connectivity index (χ1) is 8.05. The molecule has 1 aromatic carbocycles.